The van der Waals surface area contributed by atoms with Crippen molar-refractivity contribution in [1.29, 1.82) is 0 Å². The highest BCUT2D eigenvalue weighted by Gasteiger charge is 2.39. The van der Waals surface area contributed by atoms with Gasteiger partial charge in [0, 0.05) is 18.8 Å². The summed E-state index contributed by atoms with van der Waals surface area (Å²) in [6, 6.07) is 6.19. The van der Waals surface area contributed by atoms with E-state index in [1.54, 1.807) is 12.1 Å². The highest BCUT2D eigenvalue weighted by molar-refractivity contribution is 5.50. The molecule has 0 aliphatic carbocycles. The molecule has 1 N–H and O–H groups in total. The van der Waals surface area contributed by atoms with Gasteiger partial charge in [0.1, 0.15) is 5.75 Å². The fourth-order valence-corrected chi connectivity index (χ4v) is 3.38. The number of hydrogen-bond acceptors (Lipinski definition) is 3. The average molecular weight is 300 g/mol. The van der Waals surface area contributed by atoms with Crippen LogP contribution < -0.4 is 15.0 Å². The molecule has 0 aromatic heterocycles. The molecule has 0 radical (unpaired) electrons. The molecule has 2 aliphatic rings. The molecule has 1 aromatic rings. The van der Waals surface area contributed by atoms with E-state index in [9.17, 15) is 13.2 Å². The average Bonchev–Trinajstić information content (AvgIpc) is 2.82. The summed E-state index contributed by atoms with van der Waals surface area (Å²) in [5.41, 5.74) is 1.35. The Morgan fingerprint density at radius 2 is 1.71 bits per heavy atom. The summed E-state index contributed by atoms with van der Waals surface area (Å²) in [6.45, 7) is 4.09. The standard InChI is InChI=1S/C15H19F3N2O/c16-15(17,18)21-13-3-1-12(2-4-13)20-10-7-14(11-20)5-8-19-9-6-14/h1-4,19H,5-11H2. The Morgan fingerprint density at radius 1 is 1.05 bits per heavy atom. The molecule has 2 saturated heterocycles. The summed E-state index contributed by atoms with van der Waals surface area (Å²) in [4.78, 5) is 2.27. The Bertz CT molecular complexity index is 481. The van der Waals surface area contributed by atoms with Gasteiger partial charge in [0.15, 0.2) is 0 Å². The van der Waals surface area contributed by atoms with Crippen molar-refractivity contribution < 1.29 is 17.9 Å². The van der Waals surface area contributed by atoms with Crippen molar-refractivity contribution in [2.75, 3.05) is 31.1 Å². The third-order valence-electron chi connectivity index (χ3n) is 4.54. The minimum atomic E-state index is -4.63. The van der Waals surface area contributed by atoms with Gasteiger partial charge in [-0.1, -0.05) is 0 Å². The minimum Gasteiger partial charge on any atom is -0.406 e. The van der Waals surface area contributed by atoms with Crippen LogP contribution in [0.15, 0.2) is 24.3 Å². The smallest absolute Gasteiger partial charge is 0.406 e. The molecule has 3 nitrogen and oxygen atoms in total. The van der Waals surface area contributed by atoms with E-state index in [4.69, 9.17) is 0 Å². The van der Waals surface area contributed by atoms with Crippen molar-refractivity contribution in [3.8, 4) is 5.75 Å². The summed E-state index contributed by atoms with van der Waals surface area (Å²) in [5, 5.41) is 3.38. The molecule has 2 fully saturated rings. The second-order valence-electron chi connectivity index (χ2n) is 5.96. The second-order valence-corrected chi connectivity index (χ2v) is 5.96. The van der Waals surface area contributed by atoms with Crippen molar-refractivity contribution in [1.82, 2.24) is 5.32 Å². The summed E-state index contributed by atoms with van der Waals surface area (Å²) in [5.74, 6) is -0.165. The van der Waals surface area contributed by atoms with Crippen LogP contribution in [-0.4, -0.2) is 32.5 Å². The zero-order chi connectivity index (χ0) is 14.9. The van der Waals surface area contributed by atoms with Gasteiger partial charge in [-0.2, -0.15) is 0 Å². The second kappa shape index (κ2) is 5.40. The first kappa shape index (κ1) is 14.5. The molecular weight excluding hydrogens is 281 g/mol. The third-order valence-corrected chi connectivity index (χ3v) is 4.54. The molecule has 0 amide bonds. The van der Waals surface area contributed by atoms with Crippen molar-refractivity contribution in [2.24, 2.45) is 5.41 Å². The molecule has 0 atom stereocenters. The van der Waals surface area contributed by atoms with Crippen LogP contribution in [0, 0.1) is 5.41 Å². The number of rotatable bonds is 2. The van der Waals surface area contributed by atoms with Gasteiger partial charge < -0.3 is 15.0 Å². The van der Waals surface area contributed by atoms with Crippen LogP contribution in [0.3, 0.4) is 0 Å². The minimum absolute atomic E-state index is 0.165. The lowest BCUT2D eigenvalue weighted by atomic mass is 9.78. The van der Waals surface area contributed by atoms with Crippen LogP contribution in [0.5, 0.6) is 5.75 Å². The fourth-order valence-electron chi connectivity index (χ4n) is 3.38. The molecular formula is C15H19F3N2O. The first-order valence-corrected chi connectivity index (χ1v) is 7.27. The summed E-state index contributed by atoms with van der Waals surface area (Å²) < 4.78 is 40.3. The van der Waals surface area contributed by atoms with Crippen LogP contribution in [0.25, 0.3) is 0 Å². The molecule has 6 heteroatoms. The molecule has 0 unspecified atom stereocenters. The first-order chi connectivity index (χ1) is 9.96. The van der Waals surface area contributed by atoms with Gasteiger partial charge in [-0.05, 0) is 62.0 Å². The number of alkyl halides is 3. The van der Waals surface area contributed by atoms with Gasteiger partial charge in [0.05, 0.1) is 0 Å². The van der Waals surface area contributed by atoms with E-state index >= 15 is 0 Å². The van der Waals surface area contributed by atoms with E-state index in [-0.39, 0.29) is 5.75 Å². The molecule has 2 aliphatic heterocycles. The molecule has 0 bridgehead atoms. The predicted octanol–water partition coefficient (Wildman–Crippen LogP) is 3.17. The van der Waals surface area contributed by atoms with Gasteiger partial charge in [-0.25, -0.2) is 0 Å². The molecule has 1 spiro atoms. The Labute approximate surface area is 122 Å². The van der Waals surface area contributed by atoms with Gasteiger partial charge >= 0.3 is 6.36 Å². The van der Waals surface area contributed by atoms with Crippen molar-refractivity contribution in [3.05, 3.63) is 24.3 Å². The van der Waals surface area contributed by atoms with Crippen LogP contribution >= 0.6 is 0 Å². The molecule has 1 aromatic carbocycles. The topological polar surface area (TPSA) is 24.5 Å². The normalized spacial score (nSPS) is 21.8. The van der Waals surface area contributed by atoms with E-state index in [2.05, 4.69) is 15.0 Å². The number of anilines is 1. The monoisotopic (exact) mass is 300 g/mol. The maximum absolute atomic E-state index is 12.1. The van der Waals surface area contributed by atoms with Gasteiger partial charge in [0.2, 0.25) is 0 Å². The van der Waals surface area contributed by atoms with E-state index in [1.807, 2.05) is 0 Å². The lowest BCUT2D eigenvalue weighted by Crippen LogP contribution is -2.38. The Kier molecular flexibility index (Phi) is 3.73. The van der Waals surface area contributed by atoms with Crippen LogP contribution in [0.1, 0.15) is 19.3 Å². The molecule has 2 heterocycles. The summed E-state index contributed by atoms with van der Waals surface area (Å²) in [7, 11) is 0. The van der Waals surface area contributed by atoms with Gasteiger partial charge in [0.25, 0.3) is 0 Å². The summed E-state index contributed by atoms with van der Waals surface area (Å²) >= 11 is 0. The number of nitrogens with zero attached hydrogens (tertiary/aromatic N) is 1. The highest BCUT2D eigenvalue weighted by Crippen LogP contribution is 2.40. The van der Waals surface area contributed by atoms with E-state index in [0.29, 0.717) is 5.41 Å². The van der Waals surface area contributed by atoms with Gasteiger partial charge in [-0.3, -0.25) is 0 Å². The number of ether oxygens (including phenoxy) is 1. The lowest BCUT2D eigenvalue weighted by Gasteiger charge is -2.34. The number of piperidine rings is 1. The lowest BCUT2D eigenvalue weighted by molar-refractivity contribution is -0.274. The van der Waals surface area contributed by atoms with E-state index in [0.717, 1.165) is 38.3 Å². The zero-order valence-corrected chi connectivity index (χ0v) is 11.7. The molecule has 0 saturated carbocycles. The Hall–Kier alpha value is -1.43. The maximum atomic E-state index is 12.1. The first-order valence-electron chi connectivity index (χ1n) is 7.27. The van der Waals surface area contributed by atoms with Gasteiger partial charge in [-0.15, -0.1) is 13.2 Å². The maximum Gasteiger partial charge on any atom is 0.573 e. The SMILES string of the molecule is FC(F)(F)Oc1ccc(N2CCC3(CCNCC3)C2)cc1. The third kappa shape index (κ3) is 3.43. The van der Waals surface area contributed by atoms with Crippen molar-refractivity contribution in [2.45, 2.75) is 25.6 Å². The van der Waals surface area contributed by atoms with Crippen LogP contribution in [0.4, 0.5) is 18.9 Å². The van der Waals surface area contributed by atoms with E-state index < -0.39 is 6.36 Å². The Morgan fingerprint density at radius 3 is 2.33 bits per heavy atom. The Balaban J connectivity index is 1.65. The number of halogens is 3. The van der Waals surface area contributed by atoms with Crippen LogP contribution in [0.2, 0.25) is 0 Å². The largest absolute Gasteiger partial charge is 0.573 e. The molecule has 3 rings (SSSR count). The van der Waals surface area contributed by atoms with E-state index in [1.165, 1.54) is 25.0 Å². The quantitative estimate of drug-likeness (QED) is 0.908. The number of hydrogen-bond donors (Lipinski definition) is 1. The number of benzene rings is 1. The zero-order valence-electron chi connectivity index (χ0n) is 11.7. The van der Waals surface area contributed by atoms with Crippen molar-refractivity contribution in [3.63, 3.8) is 0 Å². The highest BCUT2D eigenvalue weighted by atomic mass is 19.4. The van der Waals surface area contributed by atoms with Crippen LogP contribution in [-0.2, 0) is 0 Å². The summed E-state index contributed by atoms with van der Waals surface area (Å²) in [6.07, 6.45) is -1.11. The number of nitrogens with one attached hydrogen (secondary N) is 1. The molecule has 21 heavy (non-hydrogen) atoms. The fraction of sp³-hybridized carbons (Fsp3) is 0.600. The van der Waals surface area contributed by atoms with Crippen molar-refractivity contribution >= 4 is 5.69 Å². The predicted molar refractivity (Wildman–Crippen MR) is 74.5 cm³/mol. The molecule has 116 valence electrons.